The Balaban J connectivity index is 1.81. The van der Waals surface area contributed by atoms with E-state index in [1.807, 2.05) is 19.0 Å². The summed E-state index contributed by atoms with van der Waals surface area (Å²) in [5.41, 5.74) is -0.616. The van der Waals surface area contributed by atoms with E-state index >= 15 is 0 Å². The molecule has 7 nitrogen and oxygen atoms in total. The fourth-order valence-corrected chi connectivity index (χ4v) is 4.34. The van der Waals surface area contributed by atoms with E-state index in [0.29, 0.717) is 18.7 Å². The number of carboxylic acid groups (broad SMARTS) is 1. The zero-order valence-electron chi connectivity index (χ0n) is 16.4. The number of nitrogens with zero attached hydrogens (tertiary/aromatic N) is 4. The van der Waals surface area contributed by atoms with Crippen molar-refractivity contribution in [2.75, 3.05) is 38.6 Å². The fourth-order valence-electron chi connectivity index (χ4n) is 4.34. The van der Waals surface area contributed by atoms with Crippen LogP contribution in [0.5, 0.6) is 0 Å². The first kappa shape index (κ1) is 18.9. The van der Waals surface area contributed by atoms with Crippen LogP contribution in [0.3, 0.4) is 0 Å². The minimum absolute atomic E-state index is 0.0308. The monoisotopic (exact) mass is 388 g/mol. The third kappa shape index (κ3) is 3.26. The maximum Gasteiger partial charge on any atom is 0.341 e. The highest BCUT2D eigenvalue weighted by molar-refractivity contribution is 5.92. The lowest BCUT2D eigenvalue weighted by molar-refractivity contribution is 0.0695. The Morgan fingerprint density at radius 3 is 2.75 bits per heavy atom. The molecule has 1 aliphatic carbocycles. The normalized spacial score (nSPS) is 22.4. The molecule has 1 saturated carbocycles. The van der Waals surface area contributed by atoms with Crippen LogP contribution in [0.4, 0.5) is 10.2 Å². The highest BCUT2D eigenvalue weighted by Gasteiger charge is 2.36. The second kappa shape index (κ2) is 6.55. The summed E-state index contributed by atoms with van der Waals surface area (Å²) in [5, 5.41) is 9.37. The van der Waals surface area contributed by atoms with Crippen molar-refractivity contribution in [2.45, 2.75) is 32.2 Å². The third-order valence-electron chi connectivity index (χ3n) is 5.67. The molecule has 1 saturated heterocycles. The Morgan fingerprint density at radius 2 is 2.14 bits per heavy atom. The number of hydrogen-bond donors (Lipinski definition) is 1. The van der Waals surface area contributed by atoms with Gasteiger partial charge in [0.25, 0.3) is 0 Å². The van der Waals surface area contributed by atoms with Gasteiger partial charge in [0.15, 0.2) is 11.6 Å². The van der Waals surface area contributed by atoms with E-state index in [-0.39, 0.29) is 28.2 Å². The second-order valence-electron chi connectivity index (χ2n) is 8.70. The first-order valence-corrected chi connectivity index (χ1v) is 9.57. The van der Waals surface area contributed by atoms with Crippen molar-refractivity contribution >= 4 is 22.8 Å². The largest absolute Gasteiger partial charge is 0.477 e. The number of carboxylic acids is 1. The first-order valence-electron chi connectivity index (χ1n) is 9.57. The van der Waals surface area contributed by atoms with E-state index in [1.54, 1.807) is 4.57 Å². The van der Waals surface area contributed by atoms with E-state index in [9.17, 15) is 19.1 Å². The van der Waals surface area contributed by atoms with Gasteiger partial charge >= 0.3 is 5.97 Å². The van der Waals surface area contributed by atoms with Crippen LogP contribution in [0.1, 0.15) is 42.6 Å². The molecule has 0 bridgehead atoms. The van der Waals surface area contributed by atoms with Gasteiger partial charge in [-0.2, -0.15) is 0 Å². The number of carbonyl (C=O) groups is 1. The maximum atomic E-state index is 14.9. The lowest BCUT2D eigenvalue weighted by Crippen LogP contribution is -2.34. The highest BCUT2D eigenvalue weighted by Crippen LogP contribution is 2.38. The van der Waals surface area contributed by atoms with Crippen LogP contribution in [0.25, 0.3) is 11.0 Å². The zero-order valence-corrected chi connectivity index (χ0v) is 16.4. The van der Waals surface area contributed by atoms with Crippen molar-refractivity contribution in [1.29, 1.82) is 0 Å². The van der Waals surface area contributed by atoms with Crippen molar-refractivity contribution in [2.24, 2.45) is 5.41 Å². The molecule has 1 unspecified atom stereocenters. The first-order chi connectivity index (χ1) is 13.2. The second-order valence-corrected chi connectivity index (χ2v) is 8.70. The number of anilines is 1. The van der Waals surface area contributed by atoms with E-state index < -0.39 is 17.2 Å². The van der Waals surface area contributed by atoms with Gasteiger partial charge in [0, 0.05) is 31.9 Å². The summed E-state index contributed by atoms with van der Waals surface area (Å²) in [5.74, 6) is -1.64. The predicted octanol–water partition coefficient (Wildman–Crippen LogP) is 2.35. The van der Waals surface area contributed by atoms with Gasteiger partial charge < -0.3 is 19.5 Å². The summed E-state index contributed by atoms with van der Waals surface area (Å²) < 4.78 is 16.7. The Hall–Kier alpha value is -2.48. The summed E-state index contributed by atoms with van der Waals surface area (Å²) in [4.78, 5) is 32.6. The van der Waals surface area contributed by atoms with Gasteiger partial charge in [-0.1, -0.05) is 6.92 Å². The third-order valence-corrected chi connectivity index (χ3v) is 5.67. The fraction of sp³-hybridized carbons (Fsp3) is 0.550. The van der Waals surface area contributed by atoms with Crippen LogP contribution >= 0.6 is 0 Å². The molecule has 0 amide bonds. The summed E-state index contributed by atoms with van der Waals surface area (Å²) >= 11 is 0. The molecular weight excluding hydrogens is 363 g/mol. The van der Waals surface area contributed by atoms with E-state index in [0.717, 1.165) is 31.9 Å². The number of hydrogen-bond acceptors (Lipinski definition) is 5. The molecular formula is C20H25FN4O3. The number of pyridine rings is 2. The lowest BCUT2D eigenvalue weighted by Gasteiger charge is -2.28. The van der Waals surface area contributed by atoms with Crippen molar-refractivity contribution in [3.63, 3.8) is 0 Å². The molecule has 3 heterocycles. The molecule has 2 aromatic heterocycles. The van der Waals surface area contributed by atoms with Crippen molar-refractivity contribution < 1.29 is 14.3 Å². The summed E-state index contributed by atoms with van der Waals surface area (Å²) in [6.45, 7) is 4.46. The minimum Gasteiger partial charge on any atom is -0.477 e. The van der Waals surface area contributed by atoms with Gasteiger partial charge in [-0.3, -0.25) is 4.79 Å². The average molecular weight is 388 g/mol. The molecule has 8 heteroatoms. The quantitative estimate of drug-likeness (QED) is 0.847. The standard InChI is InChI=1S/C20H25FN4O3/c1-20(10-23(2)3)6-7-24(11-20)18-15(21)8-13-16(26)14(19(27)28)9-25(12-4-5-12)17(13)22-18/h8-9,12H,4-7,10-11H2,1-3H3,(H,27,28). The molecule has 150 valence electrons. The zero-order chi connectivity index (χ0) is 20.2. The van der Waals surface area contributed by atoms with Crippen LogP contribution in [0, 0.1) is 11.2 Å². The number of fused-ring (bicyclic) bond motifs is 1. The molecule has 28 heavy (non-hydrogen) atoms. The SMILES string of the molecule is CN(C)CC1(C)CCN(c2nc3c(cc2F)c(=O)c(C(=O)O)cn3C2CC2)C1. The molecule has 4 rings (SSSR count). The van der Waals surface area contributed by atoms with Crippen molar-refractivity contribution in [3.8, 4) is 0 Å². The molecule has 1 N–H and O–H groups in total. The van der Waals surface area contributed by atoms with Crippen LogP contribution in [0.2, 0.25) is 0 Å². The molecule has 2 fully saturated rings. The van der Waals surface area contributed by atoms with E-state index in [4.69, 9.17) is 0 Å². The Morgan fingerprint density at radius 1 is 1.43 bits per heavy atom. The number of rotatable bonds is 5. The molecule has 2 aromatic rings. The lowest BCUT2D eigenvalue weighted by atomic mass is 9.89. The minimum atomic E-state index is -1.30. The predicted molar refractivity (Wildman–Crippen MR) is 105 cm³/mol. The van der Waals surface area contributed by atoms with Crippen LogP contribution in [-0.2, 0) is 0 Å². The van der Waals surface area contributed by atoms with Crippen LogP contribution < -0.4 is 10.3 Å². The smallest absolute Gasteiger partial charge is 0.341 e. The maximum absolute atomic E-state index is 14.9. The van der Waals surface area contributed by atoms with Gasteiger partial charge in [-0.25, -0.2) is 14.2 Å². The highest BCUT2D eigenvalue weighted by atomic mass is 19.1. The van der Waals surface area contributed by atoms with Gasteiger partial charge in [-0.05, 0) is 44.8 Å². The summed E-state index contributed by atoms with van der Waals surface area (Å²) in [6.07, 6.45) is 4.09. The number of halogens is 1. The topological polar surface area (TPSA) is 78.7 Å². The van der Waals surface area contributed by atoms with Crippen LogP contribution in [0.15, 0.2) is 17.1 Å². The molecule has 1 aliphatic heterocycles. The molecule has 2 aliphatic rings. The summed E-state index contributed by atoms with van der Waals surface area (Å²) in [6, 6.07) is 1.28. The molecule has 1 atom stereocenters. The van der Waals surface area contributed by atoms with E-state index in [2.05, 4.69) is 16.8 Å². The Bertz CT molecular complexity index is 1010. The van der Waals surface area contributed by atoms with Gasteiger partial charge in [-0.15, -0.1) is 0 Å². The Kier molecular flexibility index (Phi) is 4.41. The van der Waals surface area contributed by atoms with Gasteiger partial charge in [0.05, 0.1) is 5.39 Å². The molecule has 0 spiro atoms. The van der Waals surface area contributed by atoms with E-state index in [1.165, 1.54) is 6.20 Å². The Labute approximate surface area is 162 Å². The van der Waals surface area contributed by atoms with Gasteiger partial charge in [0.2, 0.25) is 5.43 Å². The number of aromatic nitrogens is 2. The van der Waals surface area contributed by atoms with Crippen molar-refractivity contribution in [3.05, 3.63) is 33.9 Å². The summed E-state index contributed by atoms with van der Waals surface area (Å²) in [7, 11) is 4.05. The molecule has 0 radical (unpaired) electrons. The van der Waals surface area contributed by atoms with Crippen LogP contribution in [-0.4, -0.2) is 59.3 Å². The molecule has 0 aromatic carbocycles. The average Bonchev–Trinajstić information content (AvgIpc) is 3.37. The van der Waals surface area contributed by atoms with Gasteiger partial charge in [0.1, 0.15) is 11.2 Å². The number of aromatic carboxylic acids is 1. The van der Waals surface area contributed by atoms with Crippen molar-refractivity contribution in [1.82, 2.24) is 14.5 Å².